The van der Waals surface area contributed by atoms with Crippen LogP contribution in [0.4, 0.5) is 21.0 Å². The van der Waals surface area contributed by atoms with Crippen molar-refractivity contribution in [2.24, 2.45) is 5.92 Å². The number of para-hydroxylation sites is 2. The molecule has 2 aromatic carbocycles. The average molecular weight is 407 g/mol. The Morgan fingerprint density at radius 1 is 0.767 bits per heavy atom. The number of carbonyl (C=O) groups is 2. The lowest BCUT2D eigenvalue weighted by Gasteiger charge is -2.34. The van der Waals surface area contributed by atoms with E-state index in [0.717, 1.165) is 43.6 Å². The third-order valence-electron chi connectivity index (χ3n) is 5.87. The third-order valence-corrected chi connectivity index (χ3v) is 5.87. The van der Waals surface area contributed by atoms with Gasteiger partial charge in [0, 0.05) is 6.54 Å². The highest BCUT2D eigenvalue weighted by Gasteiger charge is 2.30. The average Bonchev–Trinajstić information content (AvgIpc) is 3.60. The number of benzene rings is 2. The van der Waals surface area contributed by atoms with E-state index in [2.05, 4.69) is 16.0 Å². The van der Waals surface area contributed by atoms with Gasteiger partial charge >= 0.3 is 12.1 Å². The summed E-state index contributed by atoms with van der Waals surface area (Å²) in [5.41, 5.74) is 1.62. The lowest BCUT2D eigenvalue weighted by molar-refractivity contribution is 0.217. The molecule has 0 aliphatic heterocycles. The Morgan fingerprint density at radius 2 is 1.30 bits per heavy atom. The van der Waals surface area contributed by atoms with Crippen LogP contribution in [-0.4, -0.2) is 30.7 Å². The van der Waals surface area contributed by atoms with E-state index in [1.165, 1.54) is 12.8 Å². The van der Waals surface area contributed by atoms with E-state index in [1.807, 2.05) is 60.7 Å². The van der Waals surface area contributed by atoms with Gasteiger partial charge in [-0.2, -0.15) is 0 Å². The minimum atomic E-state index is -0.176. The van der Waals surface area contributed by atoms with Crippen LogP contribution in [-0.2, 0) is 0 Å². The van der Waals surface area contributed by atoms with E-state index in [9.17, 15) is 9.59 Å². The summed E-state index contributed by atoms with van der Waals surface area (Å²) in [7, 11) is 0. The van der Waals surface area contributed by atoms with Gasteiger partial charge in [-0.3, -0.25) is 4.90 Å². The van der Waals surface area contributed by atoms with Crippen molar-refractivity contribution in [1.82, 2.24) is 16.0 Å². The second kappa shape index (κ2) is 9.65. The highest BCUT2D eigenvalue weighted by atomic mass is 16.2. The lowest BCUT2D eigenvalue weighted by Crippen LogP contribution is -2.56. The Bertz CT molecular complexity index is 799. The summed E-state index contributed by atoms with van der Waals surface area (Å²) in [4.78, 5) is 27.4. The first-order valence-corrected chi connectivity index (χ1v) is 11.0. The van der Waals surface area contributed by atoms with Gasteiger partial charge in [-0.1, -0.05) is 49.2 Å². The Kier molecular flexibility index (Phi) is 6.52. The maximum atomic E-state index is 13.4. The van der Waals surface area contributed by atoms with Crippen molar-refractivity contribution < 1.29 is 9.59 Å². The first-order valence-electron chi connectivity index (χ1n) is 11.0. The van der Waals surface area contributed by atoms with Crippen LogP contribution in [0.5, 0.6) is 0 Å². The molecule has 6 heteroatoms. The number of nitrogens with one attached hydrogen (secondary N) is 3. The van der Waals surface area contributed by atoms with Crippen LogP contribution < -0.4 is 20.9 Å². The molecule has 4 amide bonds. The lowest BCUT2D eigenvalue weighted by atomic mass is 9.90. The Hall–Kier alpha value is -3.02. The molecule has 2 fully saturated rings. The van der Waals surface area contributed by atoms with Gasteiger partial charge < -0.3 is 16.0 Å². The topological polar surface area (TPSA) is 73.5 Å². The van der Waals surface area contributed by atoms with Gasteiger partial charge in [0.25, 0.3) is 0 Å². The van der Waals surface area contributed by atoms with Crippen LogP contribution in [0.2, 0.25) is 0 Å². The molecular formula is C24H30N4O2. The second-order valence-electron chi connectivity index (χ2n) is 8.25. The third kappa shape index (κ3) is 5.32. The summed E-state index contributed by atoms with van der Waals surface area (Å²) in [6, 6.07) is 18.8. The molecule has 2 saturated carbocycles. The quantitative estimate of drug-likeness (QED) is 0.658. The van der Waals surface area contributed by atoms with E-state index in [1.54, 1.807) is 4.90 Å². The van der Waals surface area contributed by atoms with Gasteiger partial charge in [-0.05, 0) is 55.9 Å². The molecule has 30 heavy (non-hydrogen) atoms. The molecule has 4 rings (SSSR count). The number of urea groups is 2. The van der Waals surface area contributed by atoms with Crippen molar-refractivity contribution in [2.75, 3.05) is 11.4 Å². The van der Waals surface area contributed by atoms with E-state index >= 15 is 0 Å². The molecular weight excluding hydrogens is 376 g/mol. The molecule has 0 saturated heterocycles. The molecule has 3 N–H and O–H groups in total. The molecule has 2 atom stereocenters. The molecule has 0 radical (unpaired) electrons. The fourth-order valence-electron chi connectivity index (χ4n) is 4.02. The summed E-state index contributed by atoms with van der Waals surface area (Å²) in [6.07, 6.45) is 6.24. The number of hydrogen-bond acceptors (Lipinski definition) is 2. The van der Waals surface area contributed by atoms with Crippen LogP contribution in [0.25, 0.3) is 0 Å². The van der Waals surface area contributed by atoms with E-state index in [0.29, 0.717) is 5.92 Å². The fraction of sp³-hybridized carbons (Fsp3) is 0.417. The van der Waals surface area contributed by atoms with Gasteiger partial charge in [-0.15, -0.1) is 0 Å². The number of rotatable bonds is 6. The number of carbonyl (C=O) groups excluding carboxylic acids is 2. The zero-order valence-electron chi connectivity index (χ0n) is 17.2. The van der Waals surface area contributed by atoms with Crippen molar-refractivity contribution in [3.05, 3.63) is 60.7 Å². The Morgan fingerprint density at radius 3 is 1.83 bits per heavy atom. The first-order chi connectivity index (χ1) is 14.7. The van der Waals surface area contributed by atoms with E-state index < -0.39 is 0 Å². The molecule has 0 aromatic heterocycles. The summed E-state index contributed by atoms with van der Waals surface area (Å²) in [5.74, 6) is 0.642. The molecule has 0 heterocycles. The van der Waals surface area contributed by atoms with Crippen LogP contribution in [0.3, 0.4) is 0 Å². The standard InChI is InChI=1S/C24H30N4O2/c29-23(25-17-18-15-16-18)26-21-13-7-8-14-22(21)27-24(30)28(19-9-3-1-4-10-19)20-11-5-2-6-12-20/h1-6,9-12,18,21-22H,7-8,13-17H2,(H,27,30)(H2,25,26,29). The number of anilines is 2. The van der Waals surface area contributed by atoms with Crippen molar-refractivity contribution >= 4 is 23.4 Å². The zero-order chi connectivity index (χ0) is 20.8. The van der Waals surface area contributed by atoms with Crippen LogP contribution >= 0.6 is 0 Å². The molecule has 2 aliphatic carbocycles. The molecule has 0 spiro atoms. The Labute approximate surface area is 178 Å². The summed E-state index contributed by atoms with van der Waals surface area (Å²) < 4.78 is 0. The SMILES string of the molecule is O=C(NCC1CC1)NC1CCCCC1NC(=O)N(c1ccccc1)c1ccccc1. The molecule has 0 bridgehead atoms. The monoisotopic (exact) mass is 406 g/mol. The molecule has 2 aliphatic rings. The molecule has 6 nitrogen and oxygen atoms in total. The minimum absolute atomic E-state index is 0.0599. The molecule has 2 aromatic rings. The van der Waals surface area contributed by atoms with Crippen LogP contribution in [0.1, 0.15) is 38.5 Å². The number of nitrogens with zero attached hydrogens (tertiary/aromatic N) is 1. The maximum Gasteiger partial charge on any atom is 0.326 e. The van der Waals surface area contributed by atoms with Crippen molar-refractivity contribution in [3.63, 3.8) is 0 Å². The van der Waals surface area contributed by atoms with Gasteiger partial charge in [0.1, 0.15) is 0 Å². The van der Waals surface area contributed by atoms with Gasteiger partial charge in [0.05, 0.1) is 23.5 Å². The van der Waals surface area contributed by atoms with Crippen molar-refractivity contribution in [1.29, 1.82) is 0 Å². The van der Waals surface area contributed by atoms with Crippen LogP contribution in [0, 0.1) is 5.92 Å². The van der Waals surface area contributed by atoms with Gasteiger partial charge in [-0.25, -0.2) is 9.59 Å². The second-order valence-corrected chi connectivity index (χ2v) is 8.25. The Balaban J connectivity index is 1.45. The summed E-state index contributed by atoms with van der Waals surface area (Å²) in [5, 5.41) is 9.25. The van der Waals surface area contributed by atoms with E-state index in [4.69, 9.17) is 0 Å². The highest BCUT2D eigenvalue weighted by Crippen LogP contribution is 2.28. The maximum absolute atomic E-state index is 13.4. The zero-order valence-corrected chi connectivity index (χ0v) is 17.2. The smallest absolute Gasteiger partial charge is 0.326 e. The largest absolute Gasteiger partial charge is 0.338 e. The number of hydrogen-bond donors (Lipinski definition) is 3. The normalized spacial score (nSPS) is 20.8. The van der Waals surface area contributed by atoms with Crippen molar-refractivity contribution in [2.45, 2.75) is 50.6 Å². The molecule has 2 unspecified atom stereocenters. The minimum Gasteiger partial charge on any atom is -0.338 e. The predicted molar refractivity (Wildman–Crippen MR) is 119 cm³/mol. The van der Waals surface area contributed by atoms with E-state index in [-0.39, 0.29) is 24.1 Å². The molecule has 158 valence electrons. The van der Waals surface area contributed by atoms with Crippen molar-refractivity contribution in [3.8, 4) is 0 Å². The predicted octanol–water partition coefficient (Wildman–Crippen LogP) is 4.55. The first kappa shape index (κ1) is 20.3. The van der Waals surface area contributed by atoms with Gasteiger partial charge in [0.2, 0.25) is 0 Å². The highest BCUT2D eigenvalue weighted by molar-refractivity contribution is 5.99. The fourth-order valence-corrected chi connectivity index (χ4v) is 4.02. The van der Waals surface area contributed by atoms with Gasteiger partial charge in [0.15, 0.2) is 0 Å². The summed E-state index contributed by atoms with van der Waals surface area (Å²) >= 11 is 0. The summed E-state index contributed by atoms with van der Waals surface area (Å²) in [6.45, 7) is 0.741. The van der Waals surface area contributed by atoms with Crippen LogP contribution in [0.15, 0.2) is 60.7 Å². The number of amides is 4.